The van der Waals surface area contributed by atoms with Gasteiger partial charge in [0.15, 0.2) is 0 Å². The molecule has 0 fully saturated rings. The molecular formula is C15H20BrFN4O3S. The summed E-state index contributed by atoms with van der Waals surface area (Å²) >= 11 is 3.16. The van der Waals surface area contributed by atoms with Crippen LogP contribution in [0, 0.1) is 11.2 Å². The van der Waals surface area contributed by atoms with Crippen LogP contribution in [-0.4, -0.2) is 19.9 Å². The second-order valence-electron chi connectivity index (χ2n) is 7.28. The summed E-state index contributed by atoms with van der Waals surface area (Å²) in [5.74, 6) is -1.50. The van der Waals surface area contributed by atoms with Gasteiger partial charge in [0.25, 0.3) is 0 Å². The van der Waals surface area contributed by atoms with Crippen LogP contribution in [0.2, 0.25) is 0 Å². The van der Waals surface area contributed by atoms with E-state index in [2.05, 4.69) is 30.7 Å². The number of amides is 1. The maximum Gasteiger partial charge on any atom is 0.241 e. The van der Waals surface area contributed by atoms with E-state index in [9.17, 15) is 17.6 Å². The van der Waals surface area contributed by atoms with Gasteiger partial charge in [0.05, 0.1) is 4.90 Å². The molecule has 10 heteroatoms. The van der Waals surface area contributed by atoms with Gasteiger partial charge < -0.3 is 0 Å². The third kappa shape index (κ3) is 5.78. The average Bonchev–Trinajstić information content (AvgIpc) is 2.40. The maximum atomic E-state index is 14.5. The van der Waals surface area contributed by atoms with Crippen LogP contribution < -0.4 is 4.72 Å². The van der Waals surface area contributed by atoms with Crippen molar-refractivity contribution in [3.63, 3.8) is 0 Å². The highest BCUT2D eigenvalue weighted by molar-refractivity contribution is 9.10. The second-order valence-corrected chi connectivity index (χ2v) is 9.81. The van der Waals surface area contributed by atoms with Crippen LogP contribution in [0.25, 0.3) is 10.4 Å². The SMILES string of the molecule is CC(C)(C)NS(=O)(=O)c1cc(F)c(CC(C)(C)C(=O)N=[N+]=[N-])c(Br)c1. The summed E-state index contributed by atoms with van der Waals surface area (Å²) in [6.07, 6.45) is -0.0652. The van der Waals surface area contributed by atoms with Gasteiger partial charge in [0.1, 0.15) is 5.82 Å². The van der Waals surface area contributed by atoms with Crippen molar-refractivity contribution in [3.05, 3.63) is 38.4 Å². The number of rotatable bonds is 5. The van der Waals surface area contributed by atoms with Gasteiger partial charge in [-0.2, -0.15) is 0 Å². The highest BCUT2D eigenvalue weighted by Crippen LogP contribution is 2.32. The van der Waals surface area contributed by atoms with Crippen LogP contribution >= 0.6 is 15.9 Å². The zero-order valence-corrected chi connectivity index (χ0v) is 17.0. The molecule has 0 radical (unpaired) electrons. The van der Waals surface area contributed by atoms with E-state index in [1.807, 2.05) is 0 Å². The maximum absolute atomic E-state index is 14.5. The Kier molecular flexibility index (Phi) is 6.39. The zero-order chi connectivity index (χ0) is 19.6. The van der Waals surface area contributed by atoms with E-state index >= 15 is 0 Å². The molecule has 0 aromatic heterocycles. The normalized spacial score (nSPS) is 12.6. The molecule has 1 rings (SSSR count). The lowest BCUT2D eigenvalue weighted by Crippen LogP contribution is -2.40. The molecule has 25 heavy (non-hydrogen) atoms. The molecule has 0 heterocycles. The Balaban J connectivity index is 3.29. The molecule has 138 valence electrons. The fourth-order valence-electron chi connectivity index (χ4n) is 2.06. The second kappa shape index (κ2) is 7.41. The summed E-state index contributed by atoms with van der Waals surface area (Å²) in [5, 5.41) is 3.05. The highest BCUT2D eigenvalue weighted by Gasteiger charge is 2.30. The van der Waals surface area contributed by atoms with Crippen LogP contribution in [-0.2, 0) is 21.2 Å². The van der Waals surface area contributed by atoms with Crippen LogP contribution in [0.5, 0.6) is 0 Å². The summed E-state index contributed by atoms with van der Waals surface area (Å²) < 4.78 is 41.8. The molecule has 0 atom stereocenters. The van der Waals surface area contributed by atoms with Gasteiger partial charge >= 0.3 is 0 Å². The Bertz CT molecular complexity index is 818. The Morgan fingerprint density at radius 1 is 1.32 bits per heavy atom. The lowest BCUT2D eigenvalue weighted by Gasteiger charge is -2.23. The lowest BCUT2D eigenvalue weighted by atomic mass is 9.85. The lowest BCUT2D eigenvalue weighted by molar-refractivity contribution is -0.125. The minimum atomic E-state index is -3.90. The van der Waals surface area contributed by atoms with Crippen molar-refractivity contribution in [3.8, 4) is 0 Å². The van der Waals surface area contributed by atoms with Gasteiger partial charge in [0, 0.05) is 25.9 Å². The fourth-order valence-corrected chi connectivity index (χ4v) is 4.24. The van der Waals surface area contributed by atoms with Crippen molar-refractivity contribution >= 4 is 31.9 Å². The number of benzene rings is 1. The third-order valence-electron chi connectivity index (χ3n) is 3.20. The van der Waals surface area contributed by atoms with Gasteiger partial charge in [-0.25, -0.2) is 17.5 Å². The van der Waals surface area contributed by atoms with E-state index in [1.165, 1.54) is 19.9 Å². The van der Waals surface area contributed by atoms with Crippen LogP contribution in [0.1, 0.15) is 40.2 Å². The largest absolute Gasteiger partial charge is 0.292 e. The van der Waals surface area contributed by atoms with Crippen LogP contribution in [0.15, 0.2) is 26.6 Å². The van der Waals surface area contributed by atoms with E-state index in [0.29, 0.717) is 0 Å². The van der Waals surface area contributed by atoms with Crippen molar-refractivity contribution in [2.45, 2.75) is 51.5 Å². The molecule has 1 amide bonds. The predicted octanol–water partition coefficient (Wildman–Crippen LogP) is 4.07. The van der Waals surface area contributed by atoms with Gasteiger partial charge in [-0.15, -0.1) is 0 Å². The summed E-state index contributed by atoms with van der Waals surface area (Å²) in [7, 11) is -3.90. The fraction of sp³-hybridized carbons (Fsp3) is 0.533. The third-order valence-corrected chi connectivity index (χ3v) is 5.64. The molecule has 0 aliphatic rings. The number of carbonyl (C=O) groups excluding carboxylic acids is 1. The summed E-state index contributed by atoms with van der Waals surface area (Å²) in [4.78, 5) is 14.0. The van der Waals surface area contributed by atoms with Crippen LogP contribution in [0.3, 0.4) is 0 Å². The Morgan fingerprint density at radius 2 is 1.88 bits per heavy atom. The minimum Gasteiger partial charge on any atom is -0.292 e. The molecule has 1 aromatic rings. The van der Waals surface area contributed by atoms with E-state index in [-0.39, 0.29) is 21.4 Å². The number of nitrogens with zero attached hydrogens (tertiary/aromatic N) is 3. The molecule has 1 aromatic carbocycles. The van der Waals surface area contributed by atoms with Crippen molar-refractivity contribution in [2.24, 2.45) is 10.5 Å². The number of azide groups is 1. The molecule has 0 aliphatic carbocycles. The van der Waals surface area contributed by atoms with Gasteiger partial charge in [-0.1, -0.05) is 29.8 Å². The predicted molar refractivity (Wildman–Crippen MR) is 95.8 cm³/mol. The van der Waals surface area contributed by atoms with E-state index in [4.69, 9.17) is 5.53 Å². The molecule has 0 spiro atoms. The smallest absolute Gasteiger partial charge is 0.241 e. The monoisotopic (exact) mass is 434 g/mol. The van der Waals surface area contributed by atoms with Crippen molar-refractivity contribution in [1.82, 2.24) is 4.72 Å². The Hall–Kier alpha value is -1.48. The average molecular weight is 435 g/mol. The first kappa shape index (κ1) is 21.6. The number of sulfonamides is 1. The first-order valence-corrected chi connectivity index (χ1v) is 9.59. The number of carbonyl (C=O) groups is 1. The number of halogens is 2. The molecule has 0 aliphatic heterocycles. The number of hydrogen-bond acceptors (Lipinski definition) is 3. The first-order chi connectivity index (χ1) is 11.2. The molecular weight excluding hydrogens is 415 g/mol. The molecule has 0 saturated carbocycles. The van der Waals surface area contributed by atoms with Gasteiger partial charge in [-0.3, -0.25) is 4.79 Å². The zero-order valence-electron chi connectivity index (χ0n) is 14.6. The Morgan fingerprint density at radius 3 is 2.32 bits per heavy atom. The summed E-state index contributed by atoms with van der Waals surface area (Å²) in [5.41, 5.74) is 6.64. The molecule has 0 unspecified atom stereocenters. The number of nitrogens with one attached hydrogen (secondary N) is 1. The molecule has 7 nitrogen and oxygen atoms in total. The quantitative estimate of drug-likeness (QED) is 0.427. The number of hydrogen-bond donors (Lipinski definition) is 1. The summed E-state index contributed by atoms with van der Waals surface area (Å²) in [6.45, 7) is 8.06. The van der Waals surface area contributed by atoms with Crippen LogP contribution in [0.4, 0.5) is 4.39 Å². The van der Waals surface area contributed by atoms with E-state index in [0.717, 1.165) is 6.07 Å². The summed E-state index contributed by atoms with van der Waals surface area (Å²) in [6, 6.07) is 2.18. The minimum absolute atomic E-state index is 0.0652. The van der Waals surface area contributed by atoms with E-state index in [1.54, 1.807) is 20.8 Å². The molecule has 0 bridgehead atoms. The molecule has 1 N–H and O–H groups in total. The van der Waals surface area contributed by atoms with Crippen molar-refractivity contribution in [2.75, 3.05) is 0 Å². The topological polar surface area (TPSA) is 112 Å². The van der Waals surface area contributed by atoms with E-state index < -0.39 is 32.7 Å². The van der Waals surface area contributed by atoms with Crippen molar-refractivity contribution < 1.29 is 17.6 Å². The standard InChI is InChI=1S/C15H20BrFN4O3S/c1-14(2,3)20-25(23,24)9-6-11(16)10(12(17)7-9)8-15(4,5)13(22)19-21-18/h6-7,20H,8H2,1-5H3. The molecule has 0 saturated heterocycles. The highest BCUT2D eigenvalue weighted by atomic mass is 79.9. The Labute approximate surface area is 154 Å². The van der Waals surface area contributed by atoms with Crippen molar-refractivity contribution in [1.29, 1.82) is 0 Å². The van der Waals surface area contributed by atoms with Gasteiger partial charge in [-0.05, 0) is 50.0 Å². The first-order valence-electron chi connectivity index (χ1n) is 7.31. The van der Waals surface area contributed by atoms with Gasteiger partial charge in [0.2, 0.25) is 15.9 Å².